The first kappa shape index (κ1) is 9.01. The normalized spacial score (nSPS) is 36.0. The van der Waals surface area contributed by atoms with Gasteiger partial charge in [-0.1, -0.05) is 6.92 Å². The Bertz CT molecular complexity index is 113. The van der Waals surface area contributed by atoms with E-state index < -0.39 is 0 Å². The van der Waals surface area contributed by atoms with E-state index >= 15 is 0 Å². The molecule has 0 aromatic carbocycles. The second kappa shape index (κ2) is 3.55. The molecule has 0 radical (unpaired) electrons. The molecule has 0 bridgehead atoms. The van der Waals surface area contributed by atoms with Crippen molar-refractivity contribution < 1.29 is 0 Å². The molecule has 0 spiro atoms. The van der Waals surface area contributed by atoms with Crippen molar-refractivity contribution in [3.05, 3.63) is 0 Å². The maximum absolute atomic E-state index is 2.52. The Morgan fingerprint density at radius 2 is 1.64 bits per heavy atom. The molecule has 1 rings (SSSR count). The van der Waals surface area contributed by atoms with Gasteiger partial charge in [0.2, 0.25) is 0 Å². The van der Waals surface area contributed by atoms with E-state index in [0.29, 0.717) is 0 Å². The molecule has 0 N–H and O–H groups in total. The number of piperazine rings is 1. The summed E-state index contributed by atoms with van der Waals surface area (Å²) in [6.45, 7) is 10.5. The van der Waals surface area contributed by atoms with Crippen molar-refractivity contribution in [2.45, 2.75) is 32.9 Å². The second-order valence-electron chi connectivity index (χ2n) is 3.72. The van der Waals surface area contributed by atoms with Crippen LogP contribution in [0.5, 0.6) is 0 Å². The highest BCUT2D eigenvalue weighted by Gasteiger charge is 2.24. The Morgan fingerprint density at radius 3 is 2.00 bits per heavy atom. The molecule has 1 fully saturated rings. The van der Waals surface area contributed by atoms with Gasteiger partial charge < -0.3 is 4.90 Å². The van der Waals surface area contributed by atoms with E-state index in [9.17, 15) is 0 Å². The predicted octanol–water partition coefficient (Wildman–Crippen LogP) is 1.03. The van der Waals surface area contributed by atoms with Crippen LogP contribution in [0.3, 0.4) is 0 Å². The largest absolute Gasteiger partial charge is 0.301 e. The van der Waals surface area contributed by atoms with Gasteiger partial charge in [-0.2, -0.15) is 0 Å². The predicted molar refractivity (Wildman–Crippen MR) is 48.8 cm³/mol. The molecule has 1 aliphatic heterocycles. The van der Waals surface area contributed by atoms with Crippen LogP contribution in [0.2, 0.25) is 0 Å². The monoisotopic (exact) mass is 156 g/mol. The third-order valence-electron chi connectivity index (χ3n) is 2.88. The minimum Gasteiger partial charge on any atom is -0.301 e. The van der Waals surface area contributed by atoms with E-state index in [0.717, 1.165) is 12.1 Å². The van der Waals surface area contributed by atoms with Gasteiger partial charge in [-0.3, -0.25) is 4.90 Å². The lowest BCUT2D eigenvalue weighted by atomic mass is 10.1. The lowest BCUT2D eigenvalue weighted by molar-refractivity contribution is 0.0635. The number of rotatable bonds is 1. The highest BCUT2D eigenvalue weighted by molar-refractivity contribution is 4.81. The molecule has 66 valence electrons. The summed E-state index contributed by atoms with van der Waals surface area (Å²) in [5, 5.41) is 0. The van der Waals surface area contributed by atoms with Gasteiger partial charge in [0.25, 0.3) is 0 Å². The van der Waals surface area contributed by atoms with Crippen molar-refractivity contribution in [1.29, 1.82) is 0 Å². The maximum Gasteiger partial charge on any atom is 0.0195 e. The van der Waals surface area contributed by atoms with Crippen molar-refractivity contribution in [3.63, 3.8) is 0 Å². The molecular formula is C9H20N2. The fourth-order valence-corrected chi connectivity index (χ4v) is 1.77. The summed E-state index contributed by atoms with van der Waals surface area (Å²) in [5.41, 5.74) is 0. The van der Waals surface area contributed by atoms with Gasteiger partial charge in [0.1, 0.15) is 0 Å². The van der Waals surface area contributed by atoms with Crippen LogP contribution in [0, 0.1) is 0 Å². The zero-order valence-electron chi connectivity index (χ0n) is 8.17. The zero-order valence-corrected chi connectivity index (χ0v) is 8.17. The second-order valence-corrected chi connectivity index (χ2v) is 3.72. The summed E-state index contributed by atoms with van der Waals surface area (Å²) in [7, 11) is 2.22. The van der Waals surface area contributed by atoms with Crippen LogP contribution in [0.15, 0.2) is 0 Å². The van der Waals surface area contributed by atoms with Gasteiger partial charge in [0.05, 0.1) is 0 Å². The molecule has 2 nitrogen and oxygen atoms in total. The summed E-state index contributed by atoms with van der Waals surface area (Å²) in [6, 6.07) is 1.44. The van der Waals surface area contributed by atoms with Gasteiger partial charge in [-0.15, -0.1) is 0 Å². The average molecular weight is 156 g/mol. The van der Waals surface area contributed by atoms with Crippen molar-refractivity contribution in [3.8, 4) is 0 Å². The van der Waals surface area contributed by atoms with Crippen molar-refractivity contribution in [2.75, 3.05) is 26.7 Å². The maximum atomic E-state index is 2.52. The van der Waals surface area contributed by atoms with Crippen molar-refractivity contribution >= 4 is 0 Å². The zero-order chi connectivity index (χ0) is 8.43. The number of nitrogens with zero attached hydrogens (tertiary/aromatic N) is 2. The minimum atomic E-state index is 0.721. The van der Waals surface area contributed by atoms with Gasteiger partial charge >= 0.3 is 0 Å². The fraction of sp³-hybridized carbons (Fsp3) is 1.00. The molecule has 0 amide bonds. The van der Waals surface area contributed by atoms with E-state index in [1.165, 1.54) is 19.6 Å². The Kier molecular flexibility index (Phi) is 2.90. The molecule has 1 saturated heterocycles. The first-order chi connectivity index (χ1) is 5.15. The number of hydrogen-bond acceptors (Lipinski definition) is 2. The molecule has 0 aromatic heterocycles. The van der Waals surface area contributed by atoms with Crippen LogP contribution in [0.4, 0.5) is 0 Å². The highest BCUT2D eigenvalue weighted by Crippen LogP contribution is 2.12. The molecule has 11 heavy (non-hydrogen) atoms. The molecule has 2 atom stereocenters. The minimum absolute atomic E-state index is 0.721. The standard InChI is InChI=1S/C9H20N2/c1-5-11-6-8(2)10(4)9(3)7-11/h8-9H,5-7H2,1-4H3/t8-,9+. The summed E-state index contributed by atoms with van der Waals surface area (Å²) in [4.78, 5) is 4.99. The average Bonchev–Trinajstić information content (AvgIpc) is 1.99. The smallest absolute Gasteiger partial charge is 0.0195 e. The van der Waals surface area contributed by atoms with E-state index in [1.807, 2.05) is 0 Å². The van der Waals surface area contributed by atoms with Crippen LogP contribution in [-0.2, 0) is 0 Å². The Hall–Kier alpha value is -0.0800. The van der Waals surface area contributed by atoms with Crippen LogP contribution >= 0.6 is 0 Å². The van der Waals surface area contributed by atoms with E-state index in [-0.39, 0.29) is 0 Å². The number of likely N-dealkylation sites (N-methyl/N-ethyl adjacent to an activating group) is 2. The first-order valence-electron chi connectivity index (χ1n) is 4.59. The van der Waals surface area contributed by atoms with Gasteiger partial charge in [0, 0.05) is 25.2 Å². The Morgan fingerprint density at radius 1 is 1.18 bits per heavy atom. The topological polar surface area (TPSA) is 6.48 Å². The lowest BCUT2D eigenvalue weighted by Crippen LogP contribution is -2.54. The fourth-order valence-electron chi connectivity index (χ4n) is 1.77. The van der Waals surface area contributed by atoms with Crippen molar-refractivity contribution in [2.24, 2.45) is 0 Å². The molecule has 0 unspecified atom stereocenters. The SMILES string of the molecule is CCN1C[C@@H](C)N(C)[C@@H](C)C1. The van der Waals surface area contributed by atoms with Crippen LogP contribution in [-0.4, -0.2) is 48.6 Å². The van der Waals surface area contributed by atoms with E-state index in [2.05, 4.69) is 37.6 Å². The quantitative estimate of drug-likeness (QED) is 0.559. The summed E-state index contributed by atoms with van der Waals surface area (Å²) in [5.74, 6) is 0. The van der Waals surface area contributed by atoms with E-state index in [4.69, 9.17) is 0 Å². The summed E-state index contributed by atoms with van der Waals surface area (Å²) in [6.07, 6.45) is 0. The van der Waals surface area contributed by atoms with Crippen LogP contribution < -0.4 is 0 Å². The first-order valence-corrected chi connectivity index (χ1v) is 4.59. The Labute approximate surface area is 70.2 Å². The van der Waals surface area contributed by atoms with E-state index in [1.54, 1.807) is 0 Å². The molecule has 1 aliphatic rings. The van der Waals surface area contributed by atoms with Crippen LogP contribution in [0.1, 0.15) is 20.8 Å². The van der Waals surface area contributed by atoms with Gasteiger partial charge in [0.15, 0.2) is 0 Å². The molecule has 2 heteroatoms. The molecule has 0 saturated carbocycles. The third-order valence-corrected chi connectivity index (χ3v) is 2.88. The molecular weight excluding hydrogens is 136 g/mol. The molecule has 1 heterocycles. The highest BCUT2D eigenvalue weighted by atomic mass is 15.3. The van der Waals surface area contributed by atoms with Gasteiger partial charge in [-0.25, -0.2) is 0 Å². The van der Waals surface area contributed by atoms with Crippen LogP contribution in [0.25, 0.3) is 0 Å². The lowest BCUT2D eigenvalue weighted by Gasteiger charge is -2.42. The molecule has 0 aromatic rings. The Balaban J connectivity index is 2.47. The number of hydrogen-bond donors (Lipinski definition) is 0. The molecule has 0 aliphatic carbocycles. The summed E-state index contributed by atoms with van der Waals surface area (Å²) >= 11 is 0. The third kappa shape index (κ3) is 1.94. The van der Waals surface area contributed by atoms with Crippen molar-refractivity contribution in [1.82, 2.24) is 9.80 Å². The van der Waals surface area contributed by atoms with Gasteiger partial charge in [-0.05, 0) is 27.4 Å². The summed E-state index contributed by atoms with van der Waals surface area (Å²) < 4.78 is 0.